The number of benzene rings is 3. The summed E-state index contributed by atoms with van der Waals surface area (Å²) in [7, 11) is 0. The van der Waals surface area contributed by atoms with Gasteiger partial charge in [-0.3, -0.25) is 4.99 Å². The van der Waals surface area contributed by atoms with Gasteiger partial charge in [0, 0.05) is 13.4 Å². The predicted octanol–water partition coefficient (Wildman–Crippen LogP) is 5.31. The molecule has 0 aliphatic rings. The van der Waals surface area contributed by atoms with Crippen LogP contribution < -0.4 is 0 Å². The fourth-order valence-electron chi connectivity index (χ4n) is 2.70. The van der Waals surface area contributed by atoms with Crippen LogP contribution in [0.2, 0.25) is 0 Å². The molecule has 0 amide bonds. The Labute approximate surface area is 178 Å². The van der Waals surface area contributed by atoms with Crippen molar-refractivity contribution in [3.05, 3.63) is 91.1 Å². The fourth-order valence-corrected chi connectivity index (χ4v) is 3.42. The standard InChI is InChI=1S/C20H14I2N4/c21-16-9-5-14(6-10-16)13-23-20(15-7-11-17(22)12-8-15)26-19-4-2-1-3-18(19)24-25-26/h1-13,20H/b23-13+. The quantitative estimate of drug-likeness (QED) is 0.250. The van der Waals surface area contributed by atoms with E-state index < -0.39 is 0 Å². The highest BCUT2D eigenvalue weighted by Crippen LogP contribution is 2.24. The second-order valence-corrected chi connectivity index (χ2v) is 8.27. The molecule has 26 heavy (non-hydrogen) atoms. The molecule has 0 saturated carbocycles. The number of aromatic nitrogens is 3. The van der Waals surface area contributed by atoms with Crippen molar-refractivity contribution in [1.82, 2.24) is 15.0 Å². The Morgan fingerprint density at radius 1 is 0.846 bits per heavy atom. The highest BCUT2D eigenvalue weighted by atomic mass is 127. The molecule has 0 N–H and O–H groups in total. The van der Waals surface area contributed by atoms with E-state index in [2.05, 4.69) is 104 Å². The second-order valence-electron chi connectivity index (χ2n) is 5.78. The topological polar surface area (TPSA) is 43.1 Å². The van der Waals surface area contributed by atoms with E-state index in [4.69, 9.17) is 4.99 Å². The van der Waals surface area contributed by atoms with Crippen LogP contribution in [0.4, 0.5) is 0 Å². The van der Waals surface area contributed by atoms with E-state index in [1.165, 1.54) is 7.14 Å². The van der Waals surface area contributed by atoms with Crippen LogP contribution in [0.15, 0.2) is 77.8 Å². The normalized spacial score (nSPS) is 12.7. The summed E-state index contributed by atoms with van der Waals surface area (Å²) in [5.74, 6) is 0. The summed E-state index contributed by atoms with van der Waals surface area (Å²) in [5.41, 5.74) is 3.97. The van der Waals surface area contributed by atoms with Crippen molar-refractivity contribution in [2.24, 2.45) is 4.99 Å². The molecule has 0 bridgehead atoms. The van der Waals surface area contributed by atoms with Gasteiger partial charge in [-0.1, -0.05) is 41.6 Å². The van der Waals surface area contributed by atoms with Gasteiger partial charge in [0.05, 0.1) is 5.52 Å². The summed E-state index contributed by atoms with van der Waals surface area (Å²) >= 11 is 4.61. The fraction of sp³-hybridized carbons (Fsp3) is 0.0500. The molecule has 1 atom stereocenters. The van der Waals surface area contributed by atoms with Gasteiger partial charge in [-0.25, -0.2) is 4.68 Å². The van der Waals surface area contributed by atoms with Crippen molar-refractivity contribution in [1.29, 1.82) is 0 Å². The number of nitrogens with zero attached hydrogens (tertiary/aromatic N) is 4. The average molecular weight is 564 g/mol. The molecular weight excluding hydrogens is 550 g/mol. The van der Waals surface area contributed by atoms with Gasteiger partial charge in [0.25, 0.3) is 0 Å². The molecule has 1 unspecified atom stereocenters. The van der Waals surface area contributed by atoms with Crippen LogP contribution in [0, 0.1) is 7.14 Å². The second kappa shape index (κ2) is 7.83. The van der Waals surface area contributed by atoms with Crippen molar-refractivity contribution >= 4 is 62.4 Å². The molecule has 0 fully saturated rings. The maximum atomic E-state index is 4.85. The van der Waals surface area contributed by atoms with Crippen LogP contribution in [0.25, 0.3) is 11.0 Å². The summed E-state index contributed by atoms with van der Waals surface area (Å²) in [4.78, 5) is 4.85. The first kappa shape index (κ1) is 17.6. The number of hydrogen-bond donors (Lipinski definition) is 0. The van der Waals surface area contributed by atoms with E-state index in [-0.39, 0.29) is 6.17 Å². The van der Waals surface area contributed by atoms with Crippen LogP contribution in [-0.4, -0.2) is 21.2 Å². The summed E-state index contributed by atoms with van der Waals surface area (Å²) < 4.78 is 4.27. The highest BCUT2D eigenvalue weighted by molar-refractivity contribution is 14.1. The van der Waals surface area contributed by atoms with Crippen molar-refractivity contribution < 1.29 is 0 Å². The van der Waals surface area contributed by atoms with Crippen molar-refractivity contribution in [2.45, 2.75) is 6.17 Å². The third-order valence-corrected chi connectivity index (χ3v) is 5.45. The first-order valence-corrected chi connectivity index (χ1v) is 10.2. The molecule has 1 aromatic heterocycles. The zero-order valence-corrected chi connectivity index (χ0v) is 17.9. The molecule has 0 radical (unpaired) electrons. The Hall–Kier alpha value is -1.81. The Morgan fingerprint density at radius 2 is 1.50 bits per heavy atom. The smallest absolute Gasteiger partial charge is 0.169 e. The third-order valence-electron chi connectivity index (χ3n) is 4.01. The van der Waals surface area contributed by atoms with Gasteiger partial charge in [-0.15, -0.1) is 5.10 Å². The van der Waals surface area contributed by atoms with E-state index in [1.54, 1.807) is 0 Å². The van der Waals surface area contributed by atoms with Gasteiger partial charge in [0.1, 0.15) is 5.52 Å². The average Bonchev–Trinajstić information content (AvgIpc) is 3.09. The number of halogens is 2. The molecule has 0 spiro atoms. The van der Waals surface area contributed by atoms with E-state index in [9.17, 15) is 0 Å². The molecule has 4 aromatic rings. The van der Waals surface area contributed by atoms with E-state index in [1.807, 2.05) is 35.2 Å². The highest BCUT2D eigenvalue weighted by Gasteiger charge is 2.16. The zero-order valence-electron chi connectivity index (χ0n) is 13.6. The summed E-state index contributed by atoms with van der Waals surface area (Å²) in [6, 6.07) is 24.6. The minimum atomic E-state index is -0.265. The SMILES string of the molecule is Ic1ccc(/C=N/C(c2ccc(I)cc2)n2nnc3ccccc32)cc1. The van der Waals surface area contributed by atoms with Crippen molar-refractivity contribution in [3.8, 4) is 0 Å². The Morgan fingerprint density at radius 3 is 2.23 bits per heavy atom. The summed E-state index contributed by atoms with van der Waals surface area (Å²) in [5, 5.41) is 8.66. The van der Waals surface area contributed by atoms with E-state index >= 15 is 0 Å². The van der Waals surface area contributed by atoms with Crippen molar-refractivity contribution in [2.75, 3.05) is 0 Å². The van der Waals surface area contributed by atoms with Gasteiger partial charge < -0.3 is 0 Å². The van der Waals surface area contributed by atoms with E-state index in [0.717, 1.165) is 22.2 Å². The third kappa shape index (κ3) is 3.80. The van der Waals surface area contributed by atoms with Gasteiger partial charge >= 0.3 is 0 Å². The lowest BCUT2D eigenvalue weighted by Crippen LogP contribution is -2.11. The number of para-hydroxylation sites is 1. The monoisotopic (exact) mass is 564 g/mol. The largest absolute Gasteiger partial charge is 0.261 e. The maximum absolute atomic E-state index is 4.85. The molecule has 0 aliphatic carbocycles. The molecule has 3 aromatic carbocycles. The Kier molecular flexibility index (Phi) is 5.30. The molecular formula is C20H14I2N4. The lowest BCUT2D eigenvalue weighted by Gasteiger charge is -2.14. The van der Waals surface area contributed by atoms with Crippen LogP contribution in [0.1, 0.15) is 17.3 Å². The van der Waals surface area contributed by atoms with Crippen LogP contribution in [-0.2, 0) is 0 Å². The number of fused-ring (bicyclic) bond motifs is 1. The minimum Gasteiger partial charge on any atom is -0.261 e. The maximum Gasteiger partial charge on any atom is 0.169 e. The first-order chi connectivity index (χ1) is 12.7. The van der Waals surface area contributed by atoms with Crippen LogP contribution in [0.3, 0.4) is 0 Å². The number of rotatable bonds is 4. The molecule has 6 heteroatoms. The molecule has 4 rings (SSSR count). The van der Waals surface area contributed by atoms with Crippen LogP contribution in [0.5, 0.6) is 0 Å². The van der Waals surface area contributed by atoms with E-state index in [0.29, 0.717) is 0 Å². The predicted molar refractivity (Wildman–Crippen MR) is 122 cm³/mol. The molecule has 4 nitrogen and oxygen atoms in total. The van der Waals surface area contributed by atoms with Gasteiger partial charge in [0.15, 0.2) is 6.17 Å². The summed E-state index contributed by atoms with van der Waals surface area (Å²) in [6.07, 6.45) is 1.63. The molecule has 0 aliphatic heterocycles. The Bertz CT molecular complexity index is 1050. The Balaban J connectivity index is 1.79. The van der Waals surface area contributed by atoms with Crippen LogP contribution >= 0.6 is 45.2 Å². The zero-order chi connectivity index (χ0) is 17.9. The lowest BCUT2D eigenvalue weighted by atomic mass is 10.1. The number of aliphatic imine (C=N–C) groups is 1. The minimum absolute atomic E-state index is 0.265. The lowest BCUT2D eigenvalue weighted by molar-refractivity contribution is 0.543. The van der Waals surface area contributed by atoms with Gasteiger partial charge in [-0.05, 0) is 92.7 Å². The van der Waals surface area contributed by atoms with Gasteiger partial charge in [0.2, 0.25) is 0 Å². The van der Waals surface area contributed by atoms with Gasteiger partial charge in [-0.2, -0.15) is 0 Å². The molecule has 128 valence electrons. The molecule has 1 heterocycles. The first-order valence-electron chi connectivity index (χ1n) is 8.05. The molecule has 0 saturated heterocycles. The number of hydrogen-bond acceptors (Lipinski definition) is 3. The summed E-state index contributed by atoms with van der Waals surface area (Å²) in [6.45, 7) is 0. The van der Waals surface area contributed by atoms with Crippen molar-refractivity contribution in [3.63, 3.8) is 0 Å².